The number of rotatable bonds is 10. The Bertz CT molecular complexity index is 1050. The number of amides is 1. The minimum absolute atomic E-state index is 0.0268. The van der Waals surface area contributed by atoms with Crippen molar-refractivity contribution in [2.24, 2.45) is 5.92 Å². The third kappa shape index (κ3) is 6.88. The molecule has 3 N–H and O–H groups in total. The Labute approximate surface area is 220 Å². The standard InChI is InChI=1S/C25H27F3IN3O4/c26-25(27,28)24(31-32-24)17-3-9-21(10-4-17)35-14-20(33)13-16-1-7-19(8-2-16)30-23(34)15-36-22-11-5-18(29)6-12-22/h3-6,9-12,16,19,31-32H,1-2,7-8,13-15H2,(H,30,34). The first-order chi connectivity index (χ1) is 17.1. The SMILES string of the molecule is O=C(COc1ccc(C2(C(F)(F)F)NN2)cc1)CC1CCC(NC(=O)COc2ccc(I)cc2)CC1. The number of hydrogen-bond acceptors (Lipinski definition) is 6. The lowest BCUT2D eigenvalue weighted by atomic mass is 9.83. The molecule has 1 saturated carbocycles. The van der Waals surface area contributed by atoms with Crippen LogP contribution in [-0.4, -0.2) is 37.1 Å². The van der Waals surface area contributed by atoms with E-state index in [0.29, 0.717) is 17.9 Å². The van der Waals surface area contributed by atoms with Gasteiger partial charge in [0.2, 0.25) is 5.66 Å². The average molecular weight is 617 g/mol. The fourth-order valence-corrected chi connectivity index (χ4v) is 4.68. The Morgan fingerprint density at radius 2 is 1.47 bits per heavy atom. The summed E-state index contributed by atoms with van der Waals surface area (Å²) >= 11 is 2.20. The number of Topliss-reactive ketones (excluding diaryl/α,β-unsaturated/α-hetero) is 1. The summed E-state index contributed by atoms with van der Waals surface area (Å²) < 4.78 is 51.5. The van der Waals surface area contributed by atoms with E-state index in [1.807, 2.05) is 24.3 Å². The molecule has 0 atom stereocenters. The van der Waals surface area contributed by atoms with Crippen molar-refractivity contribution in [2.45, 2.75) is 50.0 Å². The summed E-state index contributed by atoms with van der Waals surface area (Å²) in [6.07, 6.45) is -0.870. The monoisotopic (exact) mass is 617 g/mol. The van der Waals surface area contributed by atoms with Gasteiger partial charge in [0, 0.05) is 16.0 Å². The maximum atomic E-state index is 13.1. The molecule has 2 aromatic rings. The highest BCUT2D eigenvalue weighted by Crippen LogP contribution is 2.42. The van der Waals surface area contributed by atoms with Crippen molar-refractivity contribution >= 4 is 34.3 Å². The summed E-state index contributed by atoms with van der Waals surface area (Å²) in [7, 11) is 0. The topological polar surface area (TPSA) is 109 Å². The highest BCUT2D eigenvalue weighted by atomic mass is 127. The second-order valence-electron chi connectivity index (χ2n) is 9.08. The molecule has 4 rings (SSSR count). The molecule has 1 saturated heterocycles. The number of hydrogen-bond donors (Lipinski definition) is 3. The smallest absolute Gasteiger partial charge is 0.426 e. The second-order valence-corrected chi connectivity index (χ2v) is 10.3. The van der Waals surface area contributed by atoms with Gasteiger partial charge in [0.05, 0.1) is 0 Å². The maximum Gasteiger partial charge on any atom is 0.426 e. The fourth-order valence-electron chi connectivity index (χ4n) is 4.32. The average Bonchev–Trinajstić information content (AvgIpc) is 3.67. The van der Waals surface area contributed by atoms with Crippen LogP contribution in [0.15, 0.2) is 48.5 Å². The largest absolute Gasteiger partial charge is 0.486 e. The first-order valence-corrected chi connectivity index (χ1v) is 12.8. The molecular formula is C25H27F3IN3O4. The molecule has 2 aliphatic rings. The third-order valence-corrected chi connectivity index (χ3v) is 7.12. The molecule has 0 bridgehead atoms. The summed E-state index contributed by atoms with van der Waals surface area (Å²) in [6, 6.07) is 13.0. The molecule has 2 aromatic carbocycles. The lowest BCUT2D eigenvalue weighted by molar-refractivity contribution is -0.165. The Balaban J connectivity index is 1.13. The van der Waals surface area contributed by atoms with Crippen molar-refractivity contribution in [3.63, 3.8) is 0 Å². The number of carbonyl (C=O) groups excluding carboxylic acids is 2. The number of carbonyl (C=O) groups is 2. The Morgan fingerprint density at radius 3 is 2.03 bits per heavy atom. The number of hydrazine groups is 1. The number of halogens is 4. The summed E-state index contributed by atoms with van der Waals surface area (Å²) in [5.74, 6) is 0.979. The second kappa shape index (κ2) is 11.3. The molecule has 0 aromatic heterocycles. The van der Waals surface area contributed by atoms with Crippen LogP contribution in [-0.2, 0) is 15.3 Å². The van der Waals surface area contributed by atoms with E-state index < -0.39 is 11.8 Å². The first kappa shape index (κ1) is 26.7. The van der Waals surface area contributed by atoms with Crippen LogP contribution >= 0.6 is 22.6 Å². The molecule has 0 spiro atoms. The highest BCUT2D eigenvalue weighted by molar-refractivity contribution is 14.1. The van der Waals surface area contributed by atoms with Crippen molar-refractivity contribution < 1.29 is 32.2 Å². The number of nitrogens with one attached hydrogen (secondary N) is 3. The van der Waals surface area contributed by atoms with Crippen LogP contribution in [0, 0.1) is 9.49 Å². The lowest BCUT2D eigenvalue weighted by Gasteiger charge is -2.28. The predicted molar refractivity (Wildman–Crippen MR) is 134 cm³/mol. The third-order valence-electron chi connectivity index (χ3n) is 6.40. The van der Waals surface area contributed by atoms with Gasteiger partial charge < -0.3 is 14.8 Å². The minimum Gasteiger partial charge on any atom is -0.486 e. The van der Waals surface area contributed by atoms with Crippen LogP contribution in [0.3, 0.4) is 0 Å². The molecule has 194 valence electrons. The van der Waals surface area contributed by atoms with E-state index in [2.05, 4.69) is 38.8 Å². The van der Waals surface area contributed by atoms with Gasteiger partial charge in [-0.1, -0.05) is 12.1 Å². The van der Waals surface area contributed by atoms with Crippen LogP contribution in [0.1, 0.15) is 37.7 Å². The Hall–Kier alpha value is -2.38. The van der Waals surface area contributed by atoms with Crippen LogP contribution in [0.25, 0.3) is 0 Å². The molecule has 1 amide bonds. The van der Waals surface area contributed by atoms with Gasteiger partial charge in [0.25, 0.3) is 5.91 Å². The van der Waals surface area contributed by atoms with Gasteiger partial charge >= 0.3 is 6.18 Å². The molecular weight excluding hydrogens is 590 g/mol. The van der Waals surface area contributed by atoms with E-state index in [-0.39, 0.29) is 42.4 Å². The zero-order valence-corrected chi connectivity index (χ0v) is 21.5. The van der Waals surface area contributed by atoms with Gasteiger partial charge in [0.1, 0.15) is 18.1 Å². The molecule has 2 fully saturated rings. The van der Waals surface area contributed by atoms with Crippen LogP contribution in [0.2, 0.25) is 0 Å². The van der Waals surface area contributed by atoms with E-state index in [9.17, 15) is 22.8 Å². The van der Waals surface area contributed by atoms with Gasteiger partial charge in [0.15, 0.2) is 12.4 Å². The summed E-state index contributed by atoms with van der Waals surface area (Å²) in [4.78, 5) is 24.6. The van der Waals surface area contributed by atoms with Gasteiger partial charge in [-0.05, 0) is 96.2 Å². The van der Waals surface area contributed by atoms with Gasteiger partial charge in [-0.15, -0.1) is 0 Å². The van der Waals surface area contributed by atoms with E-state index in [1.165, 1.54) is 24.3 Å². The highest BCUT2D eigenvalue weighted by Gasteiger charge is 2.65. The molecule has 7 nitrogen and oxygen atoms in total. The lowest BCUT2D eigenvalue weighted by Crippen LogP contribution is -2.40. The molecule has 11 heteroatoms. The summed E-state index contributed by atoms with van der Waals surface area (Å²) in [5, 5.41) is 3.00. The predicted octanol–water partition coefficient (Wildman–Crippen LogP) is 4.21. The van der Waals surface area contributed by atoms with Crippen molar-refractivity contribution in [3.8, 4) is 11.5 Å². The molecule has 1 aliphatic heterocycles. The van der Waals surface area contributed by atoms with Crippen molar-refractivity contribution in [1.29, 1.82) is 0 Å². The van der Waals surface area contributed by atoms with Crippen molar-refractivity contribution in [2.75, 3.05) is 13.2 Å². The molecule has 1 heterocycles. The molecule has 0 radical (unpaired) electrons. The van der Waals surface area contributed by atoms with Crippen molar-refractivity contribution in [3.05, 3.63) is 57.7 Å². The van der Waals surface area contributed by atoms with E-state index in [4.69, 9.17) is 9.47 Å². The molecule has 0 unspecified atom stereocenters. The Kier molecular flexibility index (Phi) is 8.41. The normalized spacial score (nSPS) is 20.9. The number of benzene rings is 2. The van der Waals surface area contributed by atoms with Crippen molar-refractivity contribution in [1.82, 2.24) is 16.2 Å². The van der Waals surface area contributed by atoms with E-state index in [0.717, 1.165) is 29.3 Å². The van der Waals surface area contributed by atoms with Gasteiger partial charge in [-0.25, -0.2) is 10.9 Å². The molecule has 1 aliphatic carbocycles. The Morgan fingerprint density at radius 1 is 0.917 bits per heavy atom. The summed E-state index contributed by atoms with van der Waals surface area (Å²) in [5.41, 5.74) is 2.11. The minimum atomic E-state index is -4.47. The van der Waals surface area contributed by atoms with Gasteiger partial charge in [-0.3, -0.25) is 9.59 Å². The van der Waals surface area contributed by atoms with Crippen LogP contribution in [0.5, 0.6) is 11.5 Å². The quantitative estimate of drug-likeness (QED) is 0.273. The number of alkyl halides is 3. The first-order valence-electron chi connectivity index (χ1n) is 11.7. The zero-order valence-electron chi connectivity index (χ0n) is 19.4. The van der Waals surface area contributed by atoms with Gasteiger partial charge in [-0.2, -0.15) is 13.2 Å². The summed E-state index contributed by atoms with van der Waals surface area (Å²) in [6.45, 7) is -0.172. The van der Waals surface area contributed by atoms with E-state index >= 15 is 0 Å². The molecule has 36 heavy (non-hydrogen) atoms. The maximum absolute atomic E-state index is 13.1. The zero-order chi connectivity index (χ0) is 25.8. The number of ketones is 1. The van der Waals surface area contributed by atoms with E-state index in [1.54, 1.807) is 0 Å². The van der Waals surface area contributed by atoms with Crippen LogP contribution in [0.4, 0.5) is 13.2 Å². The van der Waals surface area contributed by atoms with Crippen LogP contribution < -0.4 is 25.6 Å². The number of ether oxygens (including phenoxy) is 2. The fraction of sp³-hybridized carbons (Fsp3) is 0.440.